The number of carbonyl (C=O) groups excluding carboxylic acids is 1. The lowest BCUT2D eigenvalue weighted by atomic mass is 10.1. The van der Waals surface area contributed by atoms with Crippen LogP contribution in [0.5, 0.6) is 11.5 Å². The van der Waals surface area contributed by atoms with Gasteiger partial charge in [0.05, 0.1) is 11.3 Å². The Hall–Kier alpha value is -3.39. The predicted octanol–water partition coefficient (Wildman–Crippen LogP) is 5.53. The van der Waals surface area contributed by atoms with Crippen LogP contribution in [0.4, 0.5) is 18.9 Å². The third kappa shape index (κ3) is 7.09. The van der Waals surface area contributed by atoms with E-state index in [1.54, 1.807) is 12.3 Å². The predicted molar refractivity (Wildman–Crippen MR) is 117 cm³/mol. The molecular formula is C24H24F3N3O2. The highest BCUT2D eigenvalue weighted by atomic mass is 19.4. The van der Waals surface area contributed by atoms with Gasteiger partial charge in [0.25, 0.3) is 0 Å². The molecule has 0 spiro atoms. The standard InChI is InChI=1S/C24H24F3N3O2/c1-30(2)16-20-15-22(12-13-28-20)32-21-9-6-17(7-10-21)8-11-23(31)29-19-5-3-4-18(14-19)24(25,26)27/h3-7,9-10,12-15H,8,11,16H2,1-2H3,(H,29,31). The maximum absolute atomic E-state index is 12.8. The first-order chi connectivity index (χ1) is 15.2. The minimum atomic E-state index is -4.45. The Morgan fingerprint density at radius 2 is 1.78 bits per heavy atom. The number of aromatic nitrogens is 1. The van der Waals surface area contributed by atoms with E-state index < -0.39 is 11.7 Å². The van der Waals surface area contributed by atoms with Crippen molar-refractivity contribution >= 4 is 11.6 Å². The smallest absolute Gasteiger partial charge is 0.416 e. The third-order valence-corrected chi connectivity index (χ3v) is 4.54. The Morgan fingerprint density at radius 1 is 1.03 bits per heavy atom. The van der Waals surface area contributed by atoms with Crippen molar-refractivity contribution in [2.24, 2.45) is 0 Å². The first-order valence-electron chi connectivity index (χ1n) is 10.0. The molecule has 0 fully saturated rings. The van der Waals surface area contributed by atoms with Crippen molar-refractivity contribution in [1.82, 2.24) is 9.88 Å². The van der Waals surface area contributed by atoms with Crippen LogP contribution in [0.25, 0.3) is 0 Å². The van der Waals surface area contributed by atoms with Crippen LogP contribution in [0.2, 0.25) is 0 Å². The summed E-state index contributed by atoms with van der Waals surface area (Å²) in [6, 6.07) is 15.6. The Labute approximate surface area is 184 Å². The first kappa shape index (κ1) is 23.3. The van der Waals surface area contributed by atoms with Gasteiger partial charge < -0.3 is 15.0 Å². The highest BCUT2D eigenvalue weighted by Gasteiger charge is 2.30. The van der Waals surface area contributed by atoms with Crippen molar-refractivity contribution in [2.75, 3.05) is 19.4 Å². The van der Waals surface area contributed by atoms with E-state index in [0.717, 1.165) is 23.4 Å². The Kier molecular flexibility index (Phi) is 7.48. The molecule has 3 aromatic rings. The number of hydrogen-bond acceptors (Lipinski definition) is 4. The summed E-state index contributed by atoms with van der Waals surface area (Å²) in [6.45, 7) is 0.707. The van der Waals surface area contributed by atoms with Crippen molar-refractivity contribution in [3.8, 4) is 11.5 Å². The normalized spacial score (nSPS) is 11.4. The molecule has 168 valence electrons. The molecule has 0 atom stereocenters. The highest BCUT2D eigenvalue weighted by molar-refractivity contribution is 5.90. The summed E-state index contributed by atoms with van der Waals surface area (Å²) in [5.74, 6) is 0.990. The number of hydrogen-bond donors (Lipinski definition) is 1. The summed E-state index contributed by atoms with van der Waals surface area (Å²) in [7, 11) is 3.93. The number of anilines is 1. The molecule has 1 aromatic heterocycles. The molecule has 0 aliphatic rings. The fourth-order valence-corrected chi connectivity index (χ4v) is 3.04. The quantitative estimate of drug-likeness (QED) is 0.498. The summed E-state index contributed by atoms with van der Waals surface area (Å²) in [5, 5.41) is 2.51. The van der Waals surface area contributed by atoms with Crippen molar-refractivity contribution in [2.45, 2.75) is 25.6 Å². The van der Waals surface area contributed by atoms with Gasteiger partial charge in [-0.1, -0.05) is 18.2 Å². The van der Waals surface area contributed by atoms with E-state index >= 15 is 0 Å². The molecule has 2 aromatic carbocycles. The van der Waals surface area contributed by atoms with E-state index in [1.165, 1.54) is 12.1 Å². The van der Waals surface area contributed by atoms with Crippen LogP contribution < -0.4 is 10.1 Å². The van der Waals surface area contributed by atoms with Crippen LogP contribution in [0.1, 0.15) is 23.2 Å². The Morgan fingerprint density at radius 3 is 2.47 bits per heavy atom. The number of pyridine rings is 1. The third-order valence-electron chi connectivity index (χ3n) is 4.54. The molecule has 5 nitrogen and oxygen atoms in total. The van der Waals surface area contributed by atoms with Crippen LogP contribution in [0, 0.1) is 0 Å². The second kappa shape index (κ2) is 10.3. The summed E-state index contributed by atoms with van der Waals surface area (Å²) in [4.78, 5) is 18.5. The van der Waals surface area contributed by atoms with E-state index in [-0.39, 0.29) is 18.0 Å². The topological polar surface area (TPSA) is 54.5 Å². The zero-order valence-electron chi connectivity index (χ0n) is 17.8. The summed E-state index contributed by atoms with van der Waals surface area (Å²) in [5.41, 5.74) is 1.14. The minimum absolute atomic E-state index is 0.125. The number of amides is 1. The van der Waals surface area contributed by atoms with Crippen molar-refractivity contribution in [1.29, 1.82) is 0 Å². The molecule has 1 heterocycles. The zero-order valence-corrected chi connectivity index (χ0v) is 17.8. The van der Waals surface area contributed by atoms with Crippen molar-refractivity contribution < 1.29 is 22.7 Å². The second-order valence-electron chi connectivity index (χ2n) is 7.59. The van der Waals surface area contributed by atoms with Crippen LogP contribution in [0.3, 0.4) is 0 Å². The number of halogens is 3. The lowest BCUT2D eigenvalue weighted by molar-refractivity contribution is -0.137. The largest absolute Gasteiger partial charge is 0.457 e. The molecule has 0 aliphatic heterocycles. The minimum Gasteiger partial charge on any atom is -0.457 e. The SMILES string of the molecule is CN(C)Cc1cc(Oc2ccc(CCC(=O)Nc3cccc(C(F)(F)F)c3)cc2)ccn1. The molecule has 3 rings (SSSR count). The van der Waals surface area contributed by atoms with Gasteiger partial charge in [0, 0.05) is 30.9 Å². The van der Waals surface area contributed by atoms with Gasteiger partial charge in [0.2, 0.25) is 5.91 Å². The molecule has 32 heavy (non-hydrogen) atoms. The van der Waals surface area contributed by atoms with Crippen LogP contribution >= 0.6 is 0 Å². The first-order valence-corrected chi connectivity index (χ1v) is 10.0. The van der Waals surface area contributed by atoms with Gasteiger partial charge >= 0.3 is 6.18 Å². The van der Waals surface area contributed by atoms with E-state index in [0.29, 0.717) is 24.5 Å². The van der Waals surface area contributed by atoms with Crippen molar-refractivity contribution in [3.63, 3.8) is 0 Å². The molecular weight excluding hydrogens is 419 g/mol. The summed E-state index contributed by atoms with van der Waals surface area (Å²) >= 11 is 0. The molecule has 1 amide bonds. The molecule has 0 radical (unpaired) electrons. The average Bonchev–Trinajstić information content (AvgIpc) is 2.73. The number of carbonyl (C=O) groups is 1. The fourth-order valence-electron chi connectivity index (χ4n) is 3.04. The van der Waals surface area contributed by atoms with Crippen LogP contribution in [-0.2, 0) is 23.9 Å². The average molecular weight is 443 g/mol. The number of nitrogens with zero attached hydrogens (tertiary/aromatic N) is 2. The van der Waals surface area contributed by atoms with Crippen LogP contribution in [-0.4, -0.2) is 29.9 Å². The molecule has 0 saturated carbocycles. The molecule has 8 heteroatoms. The van der Waals surface area contributed by atoms with Crippen molar-refractivity contribution in [3.05, 3.63) is 83.7 Å². The number of alkyl halides is 3. The lowest BCUT2D eigenvalue weighted by Crippen LogP contribution is -2.13. The van der Waals surface area contributed by atoms with Gasteiger partial charge in [-0.3, -0.25) is 9.78 Å². The second-order valence-corrected chi connectivity index (χ2v) is 7.59. The Bertz CT molecular complexity index is 1050. The molecule has 1 N–H and O–H groups in total. The molecule has 0 saturated heterocycles. The summed E-state index contributed by atoms with van der Waals surface area (Å²) in [6.07, 6.45) is -2.15. The van der Waals surface area contributed by atoms with Gasteiger partial charge in [-0.25, -0.2) is 0 Å². The monoisotopic (exact) mass is 443 g/mol. The number of ether oxygens (including phenoxy) is 1. The molecule has 0 unspecified atom stereocenters. The van der Waals surface area contributed by atoms with E-state index in [9.17, 15) is 18.0 Å². The fraction of sp³-hybridized carbons (Fsp3) is 0.250. The molecule has 0 bridgehead atoms. The maximum Gasteiger partial charge on any atom is 0.416 e. The van der Waals surface area contributed by atoms with Gasteiger partial charge in [-0.05, 0) is 62.5 Å². The van der Waals surface area contributed by atoms with Gasteiger partial charge in [0.1, 0.15) is 11.5 Å². The zero-order chi connectivity index (χ0) is 23.1. The highest BCUT2D eigenvalue weighted by Crippen LogP contribution is 2.30. The number of rotatable bonds is 8. The summed E-state index contributed by atoms with van der Waals surface area (Å²) < 4.78 is 44.2. The number of aryl methyl sites for hydroxylation is 1. The maximum atomic E-state index is 12.8. The van der Waals surface area contributed by atoms with E-state index in [1.807, 2.05) is 49.3 Å². The van der Waals surface area contributed by atoms with E-state index in [2.05, 4.69) is 10.3 Å². The number of nitrogens with one attached hydrogen (secondary N) is 1. The molecule has 0 aliphatic carbocycles. The van der Waals surface area contributed by atoms with E-state index in [4.69, 9.17) is 4.74 Å². The van der Waals surface area contributed by atoms with Crippen LogP contribution in [0.15, 0.2) is 66.9 Å². The van der Waals surface area contributed by atoms with Gasteiger partial charge in [-0.2, -0.15) is 13.2 Å². The number of benzene rings is 2. The van der Waals surface area contributed by atoms with Gasteiger partial charge in [0.15, 0.2) is 0 Å². The van der Waals surface area contributed by atoms with Gasteiger partial charge in [-0.15, -0.1) is 0 Å². The Balaban J connectivity index is 1.52. The lowest BCUT2D eigenvalue weighted by Gasteiger charge is -2.11.